The smallest absolute Gasteiger partial charge is 0.248 e. The van der Waals surface area contributed by atoms with E-state index < -0.39 is 5.91 Å². The van der Waals surface area contributed by atoms with Gasteiger partial charge in [-0.1, -0.05) is 11.2 Å². The zero-order chi connectivity index (χ0) is 11.3. The van der Waals surface area contributed by atoms with E-state index in [9.17, 15) is 9.90 Å². The van der Waals surface area contributed by atoms with Crippen molar-refractivity contribution in [2.24, 2.45) is 10.8 Å². The summed E-state index contributed by atoms with van der Waals surface area (Å²) in [5.74, 6) is -0.605. The number of nitrogens with zero attached hydrogens (tertiary/aromatic N) is 3. The van der Waals surface area contributed by atoms with Gasteiger partial charge in [0.25, 0.3) is 0 Å². The predicted molar refractivity (Wildman–Crippen MR) is 54.3 cm³/mol. The third-order valence-electron chi connectivity index (χ3n) is 1.91. The summed E-state index contributed by atoms with van der Waals surface area (Å²) in [7, 11) is 0. The zero-order valence-electron chi connectivity index (χ0n) is 7.92. The molecule has 0 aromatic heterocycles. The summed E-state index contributed by atoms with van der Waals surface area (Å²) in [6.07, 6.45) is 0.426. The lowest BCUT2D eigenvalue weighted by molar-refractivity contribution is 0.1000. The first-order valence-electron chi connectivity index (χ1n) is 4.27. The minimum Gasteiger partial charge on any atom is -0.508 e. The molecule has 0 bridgehead atoms. The molecule has 78 valence electrons. The van der Waals surface area contributed by atoms with Gasteiger partial charge in [-0.05, 0) is 29.6 Å². The molecule has 0 radical (unpaired) electrons. The van der Waals surface area contributed by atoms with Gasteiger partial charge in [0.1, 0.15) is 5.75 Å². The summed E-state index contributed by atoms with van der Waals surface area (Å²) < 4.78 is 0. The highest BCUT2D eigenvalue weighted by atomic mass is 16.3. The van der Waals surface area contributed by atoms with Crippen molar-refractivity contribution in [2.75, 3.05) is 6.54 Å². The highest BCUT2D eigenvalue weighted by Gasteiger charge is 2.05. The fraction of sp³-hybridized carbons (Fsp3) is 0.222. The number of azide groups is 1. The van der Waals surface area contributed by atoms with Crippen LogP contribution in [0.5, 0.6) is 5.75 Å². The van der Waals surface area contributed by atoms with Crippen molar-refractivity contribution in [1.29, 1.82) is 0 Å². The average molecular weight is 206 g/mol. The van der Waals surface area contributed by atoms with E-state index >= 15 is 0 Å². The number of primary amides is 1. The Labute approximate surface area is 86.0 Å². The topological polar surface area (TPSA) is 112 Å². The van der Waals surface area contributed by atoms with E-state index in [0.29, 0.717) is 12.0 Å². The molecule has 0 atom stereocenters. The van der Waals surface area contributed by atoms with Gasteiger partial charge in [-0.3, -0.25) is 4.79 Å². The van der Waals surface area contributed by atoms with Gasteiger partial charge in [0.15, 0.2) is 0 Å². The van der Waals surface area contributed by atoms with Crippen molar-refractivity contribution in [2.45, 2.75) is 6.42 Å². The van der Waals surface area contributed by atoms with Crippen LogP contribution >= 0.6 is 0 Å². The Balaban J connectivity index is 2.83. The average Bonchev–Trinajstić information content (AvgIpc) is 2.20. The van der Waals surface area contributed by atoms with Crippen molar-refractivity contribution in [1.82, 2.24) is 0 Å². The molecule has 0 aliphatic heterocycles. The highest BCUT2D eigenvalue weighted by molar-refractivity contribution is 5.93. The van der Waals surface area contributed by atoms with Crippen LogP contribution < -0.4 is 5.73 Å². The summed E-state index contributed by atoms with van der Waals surface area (Å²) in [4.78, 5) is 13.4. The lowest BCUT2D eigenvalue weighted by Crippen LogP contribution is -2.10. The Morgan fingerprint density at radius 1 is 1.60 bits per heavy atom. The van der Waals surface area contributed by atoms with Crippen molar-refractivity contribution in [3.8, 4) is 5.75 Å². The number of aromatic hydroxyl groups is 1. The third kappa shape index (κ3) is 2.89. The molecule has 6 heteroatoms. The molecule has 0 heterocycles. The van der Waals surface area contributed by atoms with Crippen molar-refractivity contribution < 1.29 is 9.90 Å². The van der Waals surface area contributed by atoms with Crippen LogP contribution in [0.15, 0.2) is 23.3 Å². The molecule has 0 aliphatic rings. The lowest BCUT2D eigenvalue weighted by Gasteiger charge is -2.03. The normalized spacial score (nSPS) is 9.33. The Hall–Kier alpha value is -2.20. The number of hydrogen-bond donors (Lipinski definition) is 2. The fourth-order valence-electron chi connectivity index (χ4n) is 1.14. The van der Waals surface area contributed by atoms with Gasteiger partial charge in [0.2, 0.25) is 5.91 Å². The van der Waals surface area contributed by atoms with E-state index in [1.807, 2.05) is 0 Å². The van der Waals surface area contributed by atoms with E-state index in [2.05, 4.69) is 10.0 Å². The van der Waals surface area contributed by atoms with E-state index in [1.165, 1.54) is 12.1 Å². The number of carbonyl (C=O) groups excluding carboxylic acids is 1. The van der Waals surface area contributed by atoms with Gasteiger partial charge in [-0.15, -0.1) is 0 Å². The first-order chi connectivity index (χ1) is 7.15. The molecule has 0 saturated heterocycles. The van der Waals surface area contributed by atoms with Crippen LogP contribution in [-0.2, 0) is 6.42 Å². The zero-order valence-corrected chi connectivity index (χ0v) is 7.92. The number of phenolic OH excluding ortho intramolecular Hbond substituents is 1. The molecule has 1 aromatic carbocycles. The largest absolute Gasteiger partial charge is 0.508 e. The molecule has 1 aromatic rings. The van der Waals surface area contributed by atoms with Gasteiger partial charge >= 0.3 is 0 Å². The quantitative estimate of drug-likeness (QED) is 0.440. The molecule has 0 saturated carbocycles. The second-order valence-electron chi connectivity index (χ2n) is 2.91. The second-order valence-corrected chi connectivity index (χ2v) is 2.91. The number of benzene rings is 1. The minimum atomic E-state index is -0.591. The Kier molecular flexibility index (Phi) is 3.54. The molecule has 3 N–H and O–H groups in total. The van der Waals surface area contributed by atoms with Crippen LogP contribution in [0.3, 0.4) is 0 Å². The summed E-state index contributed by atoms with van der Waals surface area (Å²) in [5.41, 5.74) is 14.0. The number of nitrogens with two attached hydrogens (primary N) is 1. The van der Waals surface area contributed by atoms with Crippen LogP contribution in [-0.4, -0.2) is 17.6 Å². The van der Waals surface area contributed by atoms with Crippen LogP contribution in [0.1, 0.15) is 15.9 Å². The number of hydrogen-bond acceptors (Lipinski definition) is 3. The van der Waals surface area contributed by atoms with Crippen molar-refractivity contribution in [3.63, 3.8) is 0 Å². The molecule has 6 nitrogen and oxygen atoms in total. The maximum atomic E-state index is 10.8. The van der Waals surface area contributed by atoms with Gasteiger partial charge in [0.05, 0.1) is 0 Å². The predicted octanol–water partition coefficient (Wildman–Crippen LogP) is 1.34. The van der Waals surface area contributed by atoms with Crippen molar-refractivity contribution in [3.05, 3.63) is 39.8 Å². The van der Waals surface area contributed by atoms with Crippen LogP contribution in [0, 0.1) is 0 Å². The SMILES string of the molecule is [N-]=[N+]=NCCc1ccc(C(N)=O)cc1O. The summed E-state index contributed by atoms with van der Waals surface area (Å²) in [6, 6.07) is 4.41. The standard InChI is InChI=1S/C9H10N4O2/c10-9(15)7-2-1-6(8(14)5-7)3-4-12-13-11/h1-2,5,14H,3-4H2,(H2,10,15). The van der Waals surface area contributed by atoms with E-state index in [1.54, 1.807) is 6.07 Å². The first-order valence-corrected chi connectivity index (χ1v) is 4.27. The van der Waals surface area contributed by atoms with Crippen LogP contribution in [0.25, 0.3) is 10.4 Å². The second kappa shape index (κ2) is 4.88. The lowest BCUT2D eigenvalue weighted by atomic mass is 10.1. The van der Waals surface area contributed by atoms with E-state index in [4.69, 9.17) is 11.3 Å². The monoisotopic (exact) mass is 206 g/mol. The minimum absolute atomic E-state index is 0.0144. The Morgan fingerprint density at radius 2 is 2.33 bits per heavy atom. The number of rotatable bonds is 4. The molecule has 0 fully saturated rings. The van der Waals surface area contributed by atoms with Gasteiger partial charge in [0, 0.05) is 17.0 Å². The summed E-state index contributed by atoms with van der Waals surface area (Å²) in [6.45, 7) is 0.264. The van der Waals surface area contributed by atoms with Gasteiger partial charge < -0.3 is 10.8 Å². The third-order valence-corrected chi connectivity index (χ3v) is 1.91. The van der Waals surface area contributed by atoms with Crippen LogP contribution in [0.4, 0.5) is 0 Å². The molecule has 0 unspecified atom stereocenters. The Bertz CT molecular complexity index is 424. The van der Waals surface area contributed by atoms with Crippen LogP contribution in [0.2, 0.25) is 0 Å². The molecule has 15 heavy (non-hydrogen) atoms. The van der Waals surface area contributed by atoms with Gasteiger partial charge in [-0.2, -0.15) is 0 Å². The molecule has 0 spiro atoms. The number of phenols is 1. The molecule has 0 aliphatic carbocycles. The molecule has 1 rings (SSSR count). The molecular formula is C9H10N4O2. The van der Waals surface area contributed by atoms with E-state index in [-0.39, 0.29) is 17.9 Å². The maximum Gasteiger partial charge on any atom is 0.248 e. The van der Waals surface area contributed by atoms with Gasteiger partial charge in [-0.25, -0.2) is 0 Å². The fourth-order valence-corrected chi connectivity index (χ4v) is 1.14. The molecular weight excluding hydrogens is 196 g/mol. The summed E-state index contributed by atoms with van der Waals surface area (Å²) >= 11 is 0. The maximum absolute atomic E-state index is 10.8. The number of carbonyl (C=O) groups is 1. The van der Waals surface area contributed by atoms with Crippen molar-refractivity contribution >= 4 is 5.91 Å². The highest BCUT2D eigenvalue weighted by Crippen LogP contribution is 2.19. The van der Waals surface area contributed by atoms with E-state index in [0.717, 1.165) is 0 Å². The summed E-state index contributed by atoms with van der Waals surface area (Å²) in [5, 5.41) is 12.8. The first kappa shape index (κ1) is 10.9. The Morgan fingerprint density at radius 3 is 2.87 bits per heavy atom. The molecule has 1 amide bonds. The number of amides is 1.